The minimum Gasteiger partial charge on any atom is -0.378 e. The Hall–Kier alpha value is -1.65. The fourth-order valence-corrected chi connectivity index (χ4v) is 1.87. The highest BCUT2D eigenvalue weighted by atomic mass is 16.5. The van der Waals surface area contributed by atoms with E-state index in [-0.39, 0.29) is 12.5 Å². The van der Waals surface area contributed by atoms with Gasteiger partial charge < -0.3 is 14.4 Å². The average Bonchev–Trinajstić information content (AvgIpc) is 2.49. The molecule has 1 aliphatic rings. The van der Waals surface area contributed by atoms with Gasteiger partial charge in [-0.05, 0) is 5.56 Å². The second kappa shape index (κ2) is 7.71. The lowest BCUT2D eigenvalue weighted by atomic mass is 10.2. The molecule has 0 aliphatic carbocycles. The van der Waals surface area contributed by atoms with Gasteiger partial charge in [0.1, 0.15) is 6.61 Å². The summed E-state index contributed by atoms with van der Waals surface area (Å²) < 4.78 is 10.5. The van der Waals surface area contributed by atoms with Crippen LogP contribution < -0.4 is 0 Å². The van der Waals surface area contributed by atoms with Gasteiger partial charge in [0, 0.05) is 13.1 Å². The van der Waals surface area contributed by atoms with Crippen LogP contribution in [0, 0.1) is 0 Å². The quantitative estimate of drug-likeness (QED) is 0.755. The monoisotopic (exact) mass is 261 g/mol. The van der Waals surface area contributed by atoms with E-state index in [1.165, 1.54) is 0 Å². The van der Waals surface area contributed by atoms with Gasteiger partial charge in [0.05, 0.1) is 19.8 Å². The molecule has 0 N–H and O–H groups in total. The second-order valence-electron chi connectivity index (χ2n) is 4.32. The fraction of sp³-hybridized carbons (Fsp3) is 0.400. The van der Waals surface area contributed by atoms with E-state index < -0.39 is 0 Å². The molecule has 0 bridgehead atoms. The van der Waals surface area contributed by atoms with E-state index in [0.29, 0.717) is 32.9 Å². The van der Waals surface area contributed by atoms with E-state index in [1.54, 1.807) is 4.90 Å². The summed E-state index contributed by atoms with van der Waals surface area (Å²) in [6, 6.07) is 10.0. The van der Waals surface area contributed by atoms with E-state index in [1.807, 2.05) is 42.5 Å². The molecule has 0 spiro atoms. The first-order chi connectivity index (χ1) is 9.36. The minimum atomic E-state index is 0.0383. The van der Waals surface area contributed by atoms with Gasteiger partial charge in [-0.1, -0.05) is 42.5 Å². The third-order valence-electron chi connectivity index (χ3n) is 2.91. The molecule has 1 aromatic carbocycles. The Morgan fingerprint density at radius 3 is 2.74 bits per heavy atom. The average molecular weight is 261 g/mol. The molecule has 2 rings (SSSR count). The molecule has 1 amide bonds. The van der Waals surface area contributed by atoms with Crippen molar-refractivity contribution in [1.29, 1.82) is 0 Å². The lowest BCUT2D eigenvalue weighted by molar-refractivity contribution is -0.139. The van der Waals surface area contributed by atoms with Crippen molar-refractivity contribution in [1.82, 2.24) is 4.90 Å². The number of carbonyl (C=O) groups is 1. The fourth-order valence-electron chi connectivity index (χ4n) is 1.87. The Kier molecular flexibility index (Phi) is 5.59. The third kappa shape index (κ3) is 4.85. The highest BCUT2D eigenvalue weighted by Gasteiger charge is 2.16. The van der Waals surface area contributed by atoms with Crippen LogP contribution in [0.15, 0.2) is 36.4 Å². The molecule has 1 heterocycles. The van der Waals surface area contributed by atoms with Gasteiger partial charge >= 0.3 is 0 Å². The highest BCUT2D eigenvalue weighted by Crippen LogP contribution is 2.01. The van der Waals surface area contributed by atoms with E-state index in [4.69, 9.17) is 9.47 Å². The van der Waals surface area contributed by atoms with E-state index in [2.05, 4.69) is 0 Å². The zero-order valence-electron chi connectivity index (χ0n) is 11.0. The summed E-state index contributed by atoms with van der Waals surface area (Å²) >= 11 is 0. The number of nitrogens with zero attached hydrogens (tertiary/aromatic N) is 1. The summed E-state index contributed by atoms with van der Waals surface area (Å²) in [5, 5.41) is 0. The van der Waals surface area contributed by atoms with Gasteiger partial charge in [-0.25, -0.2) is 0 Å². The molecule has 1 aromatic rings. The van der Waals surface area contributed by atoms with Crippen LogP contribution in [0.4, 0.5) is 0 Å². The summed E-state index contributed by atoms with van der Waals surface area (Å²) in [5.74, 6) is 0.0383. The highest BCUT2D eigenvalue weighted by molar-refractivity contribution is 5.77. The van der Waals surface area contributed by atoms with E-state index >= 15 is 0 Å². The lowest BCUT2D eigenvalue weighted by Crippen LogP contribution is -2.42. The van der Waals surface area contributed by atoms with Gasteiger partial charge in [0.25, 0.3) is 0 Å². The number of morpholine rings is 1. The topological polar surface area (TPSA) is 38.8 Å². The van der Waals surface area contributed by atoms with Crippen molar-refractivity contribution < 1.29 is 14.3 Å². The molecule has 102 valence electrons. The zero-order chi connectivity index (χ0) is 13.3. The number of amides is 1. The van der Waals surface area contributed by atoms with Crippen LogP contribution in [0.1, 0.15) is 5.56 Å². The van der Waals surface area contributed by atoms with Crippen LogP contribution in [0.2, 0.25) is 0 Å². The maximum absolute atomic E-state index is 11.8. The Morgan fingerprint density at radius 1 is 1.26 bits per heavy atom. The van der Waals surface area contributed by atoms with Crippen LogP contribution in [0.25, 0.3) is 6.08 Å². The predicted octanol–water partition coefficient (Wildman–Crippen LogP) is 1.58. The first-order valence-corrected chi connectivity index (χ1v) is 6.51. The maximum Gasteiger partial charge on any atom is 0.248 e. The number of benzene rings is 1. The van der Waals surface area contributed by atoms with Crippen LogP contribution in [0.3, 0.4) is 0 Å². The molecule has 1 fully saturated rings. The van der Waals surface area contributed by atoms with Gasteiger partial charge in [0.2, 0.25) is 5.91 Å². The van der Waals surface area contributed by atoms with Crippen molar-refractivity contribution in [3.8, 4) is 0 Å². The Balaban J connectivity index is 1.63. The molecule has 0 atom stereocenters. The smallest absolute Gasteiger partial charge is 0.248 e. The number of rotatable bonds is 5. The van der Waals surface area contributed by atoms with E-state index in [0.717, 1.165) is 5.56 Å². The van der Waals surface area contributed by atoms with Crippen molar-refractivity contribution in [2.75, 3.05) is 39.5 Å². The van der Waals surface area contributed by atoms with Crippen LogP contribution in [0.5, 0.6) is 0 Å². The molecule has 1 saturated heterocycles. The normalized spacial score (nSPS) is 15.9. The van der Waals surface area contributed by atoms with Crippen LogP contribution in [-0.4, -0.2) is 50.3 Å². The Morgan fingerprint density at radius 2 is 2.00 bits per heavy atom. The molecule has 19 heavy (non-hydrogen) atoms. The van der Waals surface area contributed by atoms with Crippen molar-refractivity contribution in [3.05, 3.63) is 42.0 Å². The summed E-state index contributed by atoms with van der Waals surface area (Å²) in [4.78, 5) is 13.5. The predicted molar refractivity (Wildman–Crippen MR) is 73.7 cm³/mol. The molecular weight excluding hydrogens is 242 g/mol. The molecule has 0 saturated carbocycles. The standard InChI is InChI=1S/C15H19NO3/c17-15(16-8-11-18-12-9-16)13-19-10-4-7-14-5-2-1-3-6-14/h1-7H,8-13H2/b7-4+. The van der Waals surface area contributed by atoms with Gasteiger partial charge in [-0.15, -0.1) is 0 Å². The second-order valence-corrected chi connectivity index (χ2v) is 4.32. The summed E-state index contributed by atoms with van der Waals surface area (Å²) in [6.07, 6.45) is 3.90. The van der Waals surface area contributed by atoms with Crippen molar-refractivity contribution in [2.24, 2.45) is 0 Å². The summed E-state index contributed by atoms with van der Waals surface area (Å²) in [5.41, 5.74) is 1.13. The third-order valence-corrected chi connectivity index (χ3v) is 2.91. The molecular formula is C15H19NO3. The molecule has 0 aromatic heterocycles. The first-order valence-electron chi connectivity index (χ1n) is 6.51. The van der Waals surface area contributed by atoms with E-state index in [9.17, 15) is 4.79 Å². The zero-order valence-corrected chi connectivity index (χ0v) is 11.0. The van der Waals surface area contributed by atoms with Crippen molar-refractivity contribution in [3.63, 3.8) is 0 Å². The molecule has 0 radical (unpaired) electrons. The number of hydrogen-bond donors (Lipinski definition) is 0. The van der Waals surface area contributed by atoms with Gasteiger partial charge in [-0.2, -0.15) is 0 Å². The first kappa shape index (κ1) is 13.8. The molecule has 4 nitrogen and oxygen atoms in total. The number of ether oxygens (including phenoxy) is 2. The largest absolute Gasteiger partial charge is 0.378 e. The summed E-state index contributed by atoms with van der Waals surface area (Å²) in [6.45, 7) is 3.17. The minimum absolute atomic E-state index is 0.0383. The van der Waals surface area contributed by atoms with Crippen LogP contribution in [-0.2, 0) is 14.3 Å². The lowest BCUT2D eigenvalue weighted by Gasteiger charge is -2.26. The molecule has 0 unspecified atom stereocenters. The number of hydrogen-bond acceptors (Lipinski definition) is 3. The molecule has 1 aliphatic heterocycles. The SMILES string of the molecule is O=C(COC/C=C/c1ccccc1)N1CCOCC1. The van der Waals surface area contributed by atoms with Crippen LogP contribution >= 0.6 is 0 Å². The van der Waals surface area contributed by atoms with Gasteiger partial charge in [-0.3, -0.25) is 4.79 Å². The Bertz CT molecular complexity index is 411. The van der Waals surface area contributed by atoms with Crippen molar-refractivity contribution in [2.45, 2.75) is 0 Å². The molecule has 4 heteroatoms. The Labute approximate surface area is 113 Å². The summed E-state index contributed by atoms with van der Waals surface area (Å²) in [7, 11) is 0. The number of carbonyl (C=O) groups excluding carboxylic acids is 1. The maximum atomic E-state index is 11.8. The van der Waals surface area contributed by atoms with Crippen molar-refractivity contribution >= 4 is 12.0 Å². The van der Waals surface area contributed by atoms with Gasteiger partial charge in [0.15, 0.2) is 0 Å².